The Bertz CT molecular complexity index is 1300. The number of rotatable bonds is 7. The number of anilines is 2. The normalized spacial score (nSPS) is 17.7. The quantitative estimate of drug-likeness (QED) is 0.484. The van der Waals surface area contributed by atoms with Gasteiger partial charge in [-0.1, -0.05) is 5.21 Å². The maximum Gasteiger partial charge on any atom is 0.273 e. The van der Waals surface area contributed by atoms with Crippen molar-refractivity contribution >= 4 is 23.2 Å². The van der Waals surface area contributed by atoms with E-state index in [1.165, 1.54) is 29.2 Å². The Morgan fingerprint density at radius 3 is 2.84 bits per heavy atom. The van der Waals surface area contributed by atoms with Gasteiger partial charge in [0.2, 0.25) is 0 Å². The Labute approximate surface area is 219 Å². The van der Waals surface area contributed by atoms with Crippen LogP contribution >= 0.6 is 0 Å². The molecule has 2 N–H and O–H groups in total. The van der Waals surface area contributed by atoms with E-state index >= 15 is 0 Å². The van der Waals surface area contributed by atoms with Crippen LogP contribution in [-0.4, -0.2) is 77.4 Å². The van der Waals surface area contributed by atoms with Crippen molar-refractivity contribution in [1.29, 1.82) is 0 Å². The Kier molecular flexibility index (Phi) is 7.89. The Balaban J connectivity index is 1.28. The number of benzene rings is 1. The highest BCUT2D eigenvalue weighted by Gasteiger charge is 2.19. The SMILES string of the molecule is Cc1ncc(NC(=O)c2cc(F)cc(N3CCCOCC3)c2)cc1-n1cc(C(=O)NCC2CCCO2)nn1. The van der Waals surface area contributed by atoms with E-state index < -0.39 is 11.7 Å². The molecule has 1 aromatic carbocycles. The highest BCUT2D eigenvalue weighted by Crippen LogP contribution is 2.22. The second-order valence-electron chi connectivity index (χ2n) is 9.33. The van der Waals surface area contributed by atoms with Gasteiger partial charge < -0.3 is 25.0 Å². The second-order valence-corrected chi connectivity index (χ2v) is 9.33. The van der Waals surface area contributed by atoms with Crippen molar-refractivity contribution in [3.8, 4) is 5.69 Å². The molecule has 5 rings (SSSR count). The topological polar surface area (TPSA) is 124 Å². The molecule has 0 saturated carbocycles. The summed E-state index contributed by atoms with van der Waals surface area (Å²) in [6.07, 6.45) is 5.77. The third-order valence-electron chi connectivity index (χ3n) is 6.54. The standard InChI is InChI=1S/C26H30FN7O4/c1-17-24(34-16-23(31-32-34)26(36)29-15-22-4-2-8-38-22)13-20(14-28-17)30-25(35)18-10-19(27)12-21(11-18)33-5-3-7-37-9-6-33/h10-14,16,22H,2-9,15H2,1H3,(H,29,36)(H,30,35). The first-order valence-corrected chi connectivity index (χ1v) is 12.7. The van der Waals surface area contributed by atoms with Crippen molar-refractivity contribution < 1.29 is 23.5 Å². The molecular formula is C26H30FN7O4. The van der Waals surface area contributed by atoms with Crippen molar-refractivity contribution in [3.05, 3.63) is 59.4 Å². The molecular weight excluding hydrogens is 493 g/mol. The number of pyridine rings is 1. The molecule has 11 nitrogen and oxygen atoms in total. The predicted molar refractivity (Wildman–Crippen MR) is 137 cm³/mol. The first-order valence-electron chi connectivity index (χ1n) is 12.7. The maximum atomic E-state index is 14.4. The molecule has 2 fully saturated rings. The van der Waals surface area contributed by atoms with Crippen LogP contribution in [0.25, 0.3) is 5.69 Å². The zero-order valence-electron chi connectivity index (χ0n) is 21.2. The fourth-order valence-electron chi connectivity index (χ4n) is 4.51. The first kappa shape index (κ1) is 25.7. The number of hydrogen-bond acceptors (Lipinski definition) is 8. The van der Waals surface area contributed by atoms with E-state index in [-0.39, 0.29) is 23.3 Å². The van der Waals surface area contributed by atoms with E-state index in [4.69, 9.17) is 9.47 Å². The molecule has 2 saturated heterocycles. The van der Waals surface area contributed by atoms with E-state index in [0.717, 1.165) is 25.8 Å². The van der Waals surface area contributed by atoms with Crippen molar-refractivity contribution in [2.75, 3.05) is 49.7 Å². The number of aryl methyl sites for hydroxylation is 1. The highest BCUT2D eigenvalue weighted by atomic mass is 19.1. The predicted octanol–water partition coefficient (Wildman–Crippen LogP) is 2.50. The van der Waals surface area contributed by atoms with Gasteiger partial charge in [0.25, 0.3) is 11.8 Å². The van der Waals surface area contributed by atoms with E-state index in [1.54, 1.807) is 19.1 Å². The first-order chi connectivity index (χ1) is 18.5. The lowest BCUT2D eigenvalue weighted by Gasteiger charge is -2.22. The van der Waals surface area contributed by atoms with E-state index in [0.29, 0.717) is 55.7 Å². The van der Waals surface area contributed by atoms with Crippen LogP contribution in [0.5, 0.6) is 0 Å². The van der Waals surface area contributed by atoms with Crippen LogP contribution in [0.3, 0.4) is 0 Å². The molecule has 4 heterocycles. The minimum absolute atomic E-state index is 0.0215. The third-order valence-corrected chi connectivity index (χ3v) is 6.54. The average molecular weight is 524 g/mol. The Morgan fingerprint density at radius 2 is 2.00 bits per heavy atom. The van der Waals surface area contributed by atoms with Crippen LogP contribution in [0.1, 0.15) is 45.8 Å². The number of hydrogen-bond donors (Lipinski definition) is 2. The number of nitrogens with zero attached hydrogens (tertiary/aromatic N) is 5. The van der Waals surface area contributed by atoms with Gasteiger partial charge in [0, 0.05) is 44.1 Å². The molecule has 2 amide bonds. The van der Waals surface area contributed by atoms with Crippen LogP contribution < -0.4 is 15.5 Å². The number of ether oxygens (including phenoxy) is 2. The number of carbonyl (C=O) groups is 2. The van der Waals surface area contributed by atoms with Crippen LogP contribution in [0.15, 0.2) is 36.7 Å². The summed E-state index contributed by atoms with van der Waals surface area (Å²) in [5.41, 5.74) is 2.54. The fraction of sp³-hybridized carbons (Fsp3) is 0.423. The van der Waals surface area contributed by atoms with Gasteiger partial charge in [-0.3, -0.25) is 14.6 Å². The molecule has 0 bridgehead atoms. The zero-order valence-corrected chi connectivity index (χ0v) is 21.2. The largest absolute Gasteiger partial charge is 0.380 e. The lowest BCUT2D eigenvalue weighted by atomic mass is 10.1. The van der Waals surface area contributed by atoms with E-state index in [2.05, 4.69) is 25.9 Å². The summed E-state index contributed by atoms with van der Waals surface area (Å²) in [5.74, 6) is -1.31. The molecule has 0 spiro atoms. The summed E-state index contributed by atoms with van der Waals surface area (Å²) in [6.45, 7) is 5.48. The van der Waals surface area contributed by atoms with Crippen LogP contribution in [-0.2, 0) is 9.47 Å². The van der Waals surface area contributed by atoms with Crippen molar-refractivity contribution in [2.24, 2.45) is 0 Å². The lowest BCUT2D eigenvalue weighted by Crippen LogP contribution is -2.31. The fourth-order valence-corrected chi connectivity index (χ4v) is 4.51. The molecule has 12 heteroatoms. The second kappa shape index (κ2) is 11.7. The number of halogens is 1. The van der Waals surface area contributed by atoms with Gasteiger partial charge in [0.1, 0.15) is 5.82 Å². The highest BCUT2D eigenvalue weighted by molar-refractivity contribution is 6.05. The van der Waals surface area contributed by atoms with Crippen molar-refractivity contribution in [2.45, 2.75) is 32.3 Å². The van der Waals surface area contributed by atoms with Gasteiger partial charge >= 0.3 is 0 Å². The minimum Gasteiger partial charge on any atom is -0.380 e. The van der Waals surface area contributed by atoms with Gasteiger partial charge in [0.15, 0.2) is 5.69 Å². The third kappa shape index (κ3) is 6.14. The molecule has 3 aromatic rings. The molecule has 2 aliphatic heterocycles. The summed E-state index contributed by atoms with van der Waals surface area (Å²) >= 11 is 0. The van der Waals surface area contributed by atoms with Crippen molar-refractivity contribution in [3.63, 3.8) is 0 Å². The monoisotopic (exact) mass is 523 g/mol. The molecule has 2 aromatic heterocycles. The Morgan fingerprint density at radius 1 is 1.11 bits per heavy atom. The molecule has 38 heavy (non-hydrogen) atoms. The van der Waals surface area contributed by atoms with Crippen LogP contribution in [0.2, 0.25) is 0 Å². The summed E-state index contributed by atoms with van der Waals surface area (Å²) in [7, 11) is 0. The molecule has 2 aliphatic rings. The molecule has 0 aliphatic carbocycles. The van der Waals surface area contributed by atoms with Gasteiger partial charge in [-0.05, 0) is 50.5 Å². The molecule has 0 radical (unpaired) electrons. The number of nitrogens with one attached hydrogen (secondary N) is 2. The van der Waals surface area contributed by atoms with Gasteiger partial charge in [0.05, 0.1) is 42.2 Å². The number of amides is 2. The van der Waals surface area contributed by atoms with E-state index in [1.807, 2.05) is 4.90 Å². The molecule has 1 atom stereocenters. The summed E-state index contributed by atoms with van der Waals surface area (Å²) < 4.78 is 26.9. The smallest absolute Gasteiger partial charge is 0.273 e. The van der Waals surface area contributed by atoms with Gasteiger partial charge in [-0.2, -0.15) is 0 Å². The lowest BCUT2D eigenvalue weighted by molar-refractivity contribution is 0.0853. The number of aromatic nitrogens is 4. The van der Waals surface area contributed by atoms with Crippen LogP contribution in [0, 0.1) is 12.7 Å². The average Bonchev–Trinajstić information content (AvgIpc) is 3.55. The van der Waals surface area contributed by atoms with Gasteiger partial charge in [-0.15, -0.1) is 5.10 Å². The zero-order chi connectivity index (χ0) is 26.5. The van der Waals surface area contributed by atoms with Crippen LogP contribution in [0.4, 0.5) is 15.8 Å². The summed E-state index contributed by atoms with van der Waals surface area (Å²) in [5, 5.41) is 13.6. The number of carbonyl (C=O) groups excluding carboxylic acids is 2. The minimum atomic E-state index is -0.492. The summed E-state index contributed by atoms with van der Waals surface area (Å²) in [6, 6.07) is 5.97. The van der Waals surface area contributed by atoms with Gasteiger partial charge in [-0.25, -0.2) is 9.07 Å². The maximum absolute atomic E-state index is 14.4. The summed E-state index contributed by atoms with van der Waals surface area (Å²) in [4.78, 5) is 31.9. The molecule has 1 unspecified atom stereocenters. The Hall–Kier alpha value is -3.90. The van der Waals surface area contributed by atoms with Crippen molar-refractivity contribution in [1.82, 2.24) is 25.3 Å². The molecule has 200 valence electrons. The van der Waals surface area contributed by atoms with E-state index in [9.17, 15) is 14.0 Å².